The minimum atomic E-state index is 0. The minimum Gasteiger partial charge on any atom is -0.346 e. The Labute approximate surface area is 91.8 Å². The van der Waals surface area contributed by atoms with Crippen molar-refractivity contribution < 1.29 is 17.1 Å². The van der Waals surface area contributed by atoms with Crippen molar-refractivity contribution >= 4 is 0 Å². The molecule has 0 atom stereocenters. The first-order valence-electron chi connectivity index (χ1n) is 4.04. The summed E-state index contributed by atoms with van der Waals surface area (Å²) in [7, 11) is 0. The Bertz CT molecular complexity index is 144. The van der Waals surface area contributed by atoms with Gasteiger partial charge in [0.15, 0.2) is 0 Å². The number of hydrogen-bond donors (Lipinski definition) is 0. The maximum Gasteiger partial charge on any atom is 3.00 e. The predicted octanol–water partition coefficient (Wildman–Crippen LogP) is 3.65. The van der Waals surface area contributed by atoms with E-state index in [2.05, 4.69) is 6.92 Å². The Morgan fingerprint density at radius 1 is 0.692 bits per heavy atom. The molecule has 0 amide bonds. The summed E-state index contributed by atoms with van der Waals surface area (Å²) in [6.45, 7) is 5.00. The molecule has 0 radical (unpaired) electrons. The molecule has 0 spiro atoms. The van der Waals surface area contributed by atoms with Crippen molar-refractivity contribution in [2.24, 2.45) is 0 Å². The predicted molar refractivity (Wildman–Crippen MR) is 55.1 cm³/mol. The van der Waals surface area contributed by atoms with E-state index in [0.717, 1.165) is 0 Å². The van der Waals surface area contributed by atoms with Crippen LogP contribution in [0, 0.1) is 6.92 Å². The topological polar surface area (TPSA) is 0 Å². The molecule has 13 heavy (non-hydrogen) atoms. The fourth-order valence-corrected chi connectivity index (χ4v) is 0.642. The second-order valence-electron chi connectivity index (χ2n) is 1.92. The fourth-order valence-electron chi connectivity index (χ4n) is 0.642. The van der Waals surface area contributed by atoms with E-state index in [1.165, 1.54) is 0 Å². The van der Waals surface area contributed by atoms with Crippen LogP contribution in [0.4, 0.5) is 0 Å². The van der Waals surface area contributed by atoms with Crippen LogP contribution in [0.15, 0.2) is 60.7 Å². The Morgan fingerprint density at radius 2 is 0.923 bits per heavy atom. The normalized spacial score (nSPS) is 6.62. The summed E-state index contributed by atoms with van der Waals surface area (Å²) in [4.78, 5) is 0. The molecule has 0 heterocycles. The van der Waals surface area contributed by atoms with Crippen LogP contribution >= 0.6 is 0 Å². The minimum absolute atomic E-state index is 0. The first kappa shape index (κ1) is 14.7. The molecule has 2 rings (SSSR count). The zero-order chi connectivity index (χ0) is 9.07. The Kier molecular flexibility index (Phi) is 15.6. The molecule has 0 aliphatic carbocycles. The largest absolute Gasteiger partial charge is 3.00 e. The van der Waals surface area contributed by atoms with Crippen molar-refractivity contribution in [3.05, 3.63) is 67.6 Å². The van der Waals surface area contributed by atoms with Crippen molar-refractivity contribution in [2.45, 2.75) is 6.92 Å². The first-order valence-corrected chi connectivity index (χ1v) is 4.04. The van der Waals surface area contributed by atoms with Crippen molar-refractivity contribution in [1.29, 1.82) is 0 Å². The number of hydrogen-bond acceptors (Lipinski definition) is 0. The molecule has 0 aliphatic rings. The van der Waals surface area contributed by atoms with E-state index in [0.29, 0.717) is 0 Å². The van der Waals surface area contributed by atoms with Crippen LogP contribution < -0.4 is 0 Å². The fraction of sp³-hybridized carbons (Fsp3) is 0.0833. The molecule has 0 aliphatic heterocycles. The van der Waals surface area contributed by atoms with Crippen molar-refractivity contribution in [1.82, 2.24) is 0 Å². The molecule has 0 saturated carbocycles. The molecule has 0 fully saturated rings. The summed E-state index contributed by atoms with van der Waals surface area (Å²) in [5.41, 5.74) is 0. The third-order valence-corrected chi connectivity index (χ3v) is 1.11. The summed E-state index contributed by atoms with van der Waals surface area (Å²) in [5.74, 6) is 0. The number of rotatable bonds is 0. The quantitative estimate of drug-likeness (QED) is 0.464. The van der Waals surface area contributed by atoms with Gasteiger partial charge in [0.2, 0.25) is 0 Å². The van der Waals surface area contributed by atoms with Crippen molar-refractivity contribution in [3.63, 3.8) is 0 Å². The Morgan fingerprint density at radius 3 is 1.00 bits per heavy atom. The second kappa shape index (κ2) is 13.8. The van der Waals surface area contributed by atoms with E-state index in [9.17, 15) is 0 Å². The Hall–Kier alpha value is -0.781. The van der Waals surface area contributed by atoms with Gasteiger partial charge in [-0.15, -0.1) is 0 Å². The van der Waals surface area contributed by atoms with E-state index >= 15 is 0 Å². The maximum atomic E-state index is 3.25. The zero-order valence-electron chi connectivity index (χ0n) is 7.86. The van der Waals surface area contributed by atoms with Crippen molar-refractivity contribution in [3.8, 4) is 0 Å². The van der Waals surface area contributed by atoms with Crippen LogP contribution in [-0.2, 0) is 17.1 Å². The van der Waals surface area contributed by atoms with Gasteiger partial charge in [-0.05, 0) is 0 Å². The average Bonchev–Trinajstić information content (AvgIpc) is 2.87. The van der Waals surface area contributed by atoms with Gasteiger partial charge in [0, 0.05) is 0 Å². The molecule has 0 nitrogen and oxygen atoms in total. The van der Waals surface area contributed by atoms with Crippen LogP contribution in [0.5, 0.6) is 0 Å². The average molecular weight is 214 g/mol. The molecule has 0 bridgehead atoms. The standard InChI is InChI=1S/2C5H5.C2H5.Mn/c2*1-2-4-5-3-1;1-2;/h2*1-5H;1H2,2H3;/q3*-1;+3. The van der Waals surface area contributed by atoms with Gasteiger partial charge < -0.3 is 6.92 Å². The monoisotopic (exact) mass is 214 g/mol. The Balaban J connectivity index is 0. The third-order valence-electron chi connectivity index (χ3n) is 1.11. The summed E-state index contributed by atoms with van der Waals surface area (Å²) >= 11 is 0. The van der Waals surface area contributed by atoms with E-state index in [-0.39, 0.29) is 17.1 Å². The van der Waals surface area contributed by atoms with E-state index in [1.54, 1.807) is 6.92 Å². The van der Waals surface area contributed by atoms with Crippen molar-refractivity contribution in [2.75, 3.05) is 0 Å². The van der Waals surface area contributed by atoms with E-state index < -0.39 is 0 Å². The first-order chi connectivity index (χ1) is 6.00. The summed E-state index contributed by atoms with van der Waals surface area (Å²) in [6.07, 6.45) is 0. The molecule has 2 aromatic carbocycles. The maximum absolute atomic E-state index is 3.25. The van der Waals surface area contributed by atoms with Crippen LogP contribution in [0.1, 0.15) is 6.92 Å². The van der Waals surface area contributed by atoms with Gasteiger partial charge in [-0.3, -0.25) is 0 Å². The molecule has 0 aromatic heterocycles. The summed E-state index contributed by atoms with van der Waals surface area (Å²) in [6, 6.07) is 20.0. The van der Waals surface area contributed by atoms with Crippen LogP contribution in [-0.4, -0.2) is 0 Å². The summed E-state index contributed by atoms with van der Waals surface area (Å²) in [5, 5.41) is 0. The van der Waals surface area contributed by atoms with Gasteiger partial charge >= 0.3 is 17.1 Å². The molecule has 2 aromatic rings. The summed E-state index contributed by atoms with van der Waals surface area (Å²) < 4.78 is 0. The van der Waals surface area contributed by atoms with Gasteiger partial charge in [-0.1, -0.05) is 0 Å². The van der Waals surface area contributed by atoms with Gasteiger partial charge in [0.1, 0.15) is 0 Å². The SMILES string of the molecule is [CH2-]C.[Mn+3].c1cc[cH-]c1.c1cc[cH-]c1. The zero-order valence-corrected chi connectivity index (χ0v) is 9.04. The van der Waals surface area contributed by atoms with Crippen LogP contribution in [0.25, 0.3) is 0 Å². The smallest absolute Gasteiger partial charge is 0.346 e. The van der Waals surface area contributed by atoms with Gasteiger partial charge in [-0.2, -0.15) is 43.3 Å². The van der Waals surface area contributed by atoms with Crippen LogP contribution in [0.3, 0.4) is 0 Å². The molecule has 0 N–H and O–H groups in total. The van der Waals surface area contributed by atoms with Gasteiger partial charge in [-0.25, -0.2) is 24.3 Å². The van der Waals surface area contributed by atoms with Gasteiger partial charge in [0.05, 0.1) is 0 Å². The molecular formula is C12H15Mn. The molecular weight excluding hydrogens is 199 g/mol. The van der Waals surface area contributed by atoms with Crippen LogP contribution in [0.2, 0.25) is 0 Å². The van der Waals surface area contributed by atoms with Gasteiger partial charge in [0.25, 0.3) is 0 Å². The molecule has 0 unspecified atom stereocenters. The second-order valence-corrected chi connectivity index (χ2v) is 1.92. The molecule has 0 saturated heterocycles. The molecule has 70 valence electrons. The van der Waals surface area contributed by atoms with E-state index in [4.69, 9.17) is 0 Å². The van der Waals surface area contributed by atoms with E-state index in [1.807, 2.05) is 60.7 Å². The molecule has 1 heteroatoms. The third kappa shape index (κ3) is 11.2.